The van der Waals surface area contributed by atoms with Gasteiger partial charge in [-0.05, 0) is 72.5 Å². The largest absolute Gasteiger partial charge is 0.416 e. The van der Waals surface area contributed by atoms with Crippen molar-refractivity contribution in [1.29, 1.82) is 0 Å². The third kappa shape index (κ3) is 11.8. The normalized spacial score (nSPS) is 15.5. The Bertz CT molecular complexity index is 2300. The summed E-state index contributed by atoms with van der Waals surface area (Å²) in [4.78, 5) is 18.1. The summed E-state index contributed by atoms with van der Waals surface area (Å²) in [6.45, 7) is 7.89. The summed E-state index contributed by atoms with van der Waals surface area (Å²) >= 11 is 8.60. The molecule has 0 amide bonds. The standard InChI is InChI=1S/C21H20ClF3N4S.C21H20F4N4S/c22-18-6-4-16(5-7-18)19-26-20(30-27-19)29-12-10-28(11-13-29)9-8-15-2-1-3-17(14-15)21(23,24)25;22-18-6-2-4-16(14-18)19-26-20(30-27-19)29-11-9-28(10-12-29)8-7-15-3-1-5-17(13-15)21(23,24)25/h1-7,14H,8-13H2;1-6,13-14H,7-12H2. The molecule has 60 heavy (non-hydrogen) atoms. The summed E-state index contributed by atoms with van der Waals surface area (Å²) < 4.78 is 99.4. The summed E-state index contributed by atoms with van der Waals surface area (Å²) in [6, 6.07) is 24.8. The van der Waals surface area contributed by atoms with Gasteiger partial charge >= 0.3 is 12.4 Å². The quantitative estimate of drug-likeness (QED) is 0.126. The van der Waals surface area contributed by atoms with Gasteiger partial charge in [-0.15, -0.1) is 0 Å². The fraction of sp³-hybridized carbons (Fsp3) is 0.333. The average Bonchev–Trinajstić information content (AvgIpc) is 3.95. The van der Waals surface area contributed by atoms with Crippen LogP contribution in [0.3, 0.4) is 0 Å². The van der Waals surface area contributed by atoms with Crippen molar-refractivity contribution in [3.8, 4) is 22.8 Å². The van der Waals surface area contributed by atoms with Crippen LogP contribution in [0.25, 0.3) is 22.8 Å². The zero-order valence-electron chi connectivity index (χ0n) is 32.1. The first kappa shape index (κ1) is 43.4. The van der Waals surface area contributed by atoms with Crippen molar-refractivity contribution in [2.75, 3.05) is 75.2 Å². The fourth-order valence-corrected chi connectivity index (χ4v) is 8.46. The monoisotopic (exact) mass is 888 g/mol. The number of nitrogens with zero attached hydrogens (tertiary/aromatic N) is 8. The Kier molecular flexibility index (Phi) is 14.0. The van der Waals surface area contributed by atoms with E-state index >= 15 is 0 Å². The van der Waals surface area contributed by atoms with Crippen LogP contribution in [0.1, 0.15) is 22.3 Å². The van der Waals surface area contributed by atoms with Gasteiger partial charge in [-0.1, -0.05) is 60.1 Å². The molecule has 2 aliphatic rings. The fourth-order valence-electron chi connectivity index (χ4n) is 6.86. The molecule has 18 heteroatoms. The average molecular weight is 889 g/mol. The molecule has 8 rings (SSSR count). The maximum absolute atomic E-state index is 13.4. The second-order valence-corrected chi connectivity index (χ2v) is 16.3. The van der Waals surface area contributed by atoms with Crippen LogP contribution in [0.15, 0.2) is 97.1 Å². The molecule has 0 spiro atoms. The van der Waals surface area contributed by atoms with E-state index in [-0.39, 0.29) is 5.82 Å². The van der Waals surface area contributed by atoms with Crippen molar-refractivity contribution in [2.45, 2.75) is 25.2 Å². The maximum Gasteiger partial charge on any atom is 0.416 e. The highest BCUT2D eigenvalue weighted by atomic mass is 35.5. The molecule has 0 saturated carbocycles. The van der Waals surface area contributed by atoms with Crippen molar-refractivity contribution in [3.63, 3.8) is 0 Å². The van der Waals surface area contributed by atoms with Crippen LogP contribution in [-0.2, 0) is 25.2 Å². The van der Waals surface area contributed by atoms with Gasteiger partial charge in [0.15, 0.2) is 11.6 Å². The summed E-state index contributed by atoms with van der Waals surface area (Å²) in [7, 11) is 0. The molecule has 316 valence electrons. The highest BCUT2D eigenvalue weighted by Gasteiger charge is 2.31. The number of piperazine rings is 2. The number of hydrogen-bond donors (Lipinski definition) is 0. The summed E-state index contributed by atoms with van der Waals surface area (Å²) in [5.41, 5.74) is 1.80. The zero-order valence-corrected chi connectivity index (χ0v) is 34.5. The molecule has 2 aromatic heterocycles. The zero-order chi connectivity index (χ0) is 42.3. The van der Waals surface area contributed by atoms with Gasteiger partial charge in [-0.3, -0.25) is 9.80 Å². The SMILES string of the molecule is FC(F)(F)c1cccc(CCN2CCN(c3nc(-c4ccc(Cl)cc4)ns3)CC2)c1.Fc1cccc(-c2nsc(N3CCN(CCc4cccc(C(F)(F)F)c4)CC3)n2)c1. The van der Waals surface area contributed by atoms with Crippen LogP contribution in [0, 0.1) is 5.82 Å². The molecule has 4 heterocycles. The Labute approximate surface area is 356 Å². The maximum atomic E-state index is 13.4. The van der Waals surface area contributed by atoms with Crippen LogP contribution in [0.2, 0.25) is 5.02 Å². The highest BCUT2D eigenvalue weighted by Crippen LogP contribution is 2.32. The molecule has 0 bridgehead atoms. The minimum atomic E-state index is -4.31. The van der Waals surface area contributed by atoms with E-state index in [1.54, 1.807) is 24.3 Å². The summed E-state index contributed by atoms with van der Waals surface area (Å²) in [6.07, 6.45) is -7.43. The molecule has 6 aromatic rings. The first-order chi connectivity index (χ1) is 28.8. The first-order valence-corrected chi connectivity index (χ1v) is 21.2. The molecule has 8 nitrogen and oxygen atoms in total. The Morgan fingerprint density at radius 3 is 1.43 bits per heavy atom. The van der Waals surface area contributed by atoms with E-state index in [9.17, 15) is 30.7 Å². The van der Waals surface area contributed by atoms with Crippen molar-refractivity contribution in [1.82, 2.24) is 28.5 Å². The molecular formula is C42H40ClF7N8S2. The van der Waals surface area contributed by atoms with Crippen LogP contribution in [-0.4, -0.2) is 94.0 Å². The van der Waals surface area contributed by atoms with Crippen LogP contribution in [0.4, 0.5) is 41.0 Å². The van der Waals surface area contributed by atoms with Gasteiger partial charge in [0.25, 0.3) is 0 Å². The van der Waals surface area contributed by atoms with E-state index in [1.165, 1.54) is 59.5 Å². The van der Waals surface area contributed by atoms with Gasteiger partial charge in [0, 0.05) is 105 Å². The molecule has 2 aliphatic heterocycles. The molecule has 0 N–H and O–H groups in total. The minimum absolute atomic E-state index is 0.321. The van der Waals surface area contributed by atoms with Gasteiger partial charge in [-0.25, -0.2) is 4.39 Å². The predicted octanol–water partition coefficient (Wildman–Crippen LogP) is 9.97. The predicted molar refractivity (Wildman–Crippen MR) is 223 cm³/mol. The lowest BCUT2D eigenvalue weighted by atomic mass is 10.1. The van der Waals surface area contributed by atoms with Gasteiger partial charge in [0.05, 0.1) is 11.1 Å². The highest BCUT2D eigenvalue weighted by molar-refractivity contribution is 7.10. The molecule has 0 unspecified atom stereocenters. The number of halogens is 8. The Morgan fingerprint density at radius 1 is 0.533 bits per heavy atom. The van der Waals surface area contributed by atoms with Crippen molar-refractivity contribution in [2.24, 2.45) is 0 Å². The number of aromatic nitrogens is 4. The molecule has 2 saturated heterocycles. The van der Waals surface area contributed by atoms with Crippen LogP contribution >= 0.6 is 34.7 Å². The molecule has 2 fully saturated rings. The number of benzene rings is 4. The van der Waals surface area contributed by atoms with Crippen LogP contribution in [0.5, 0.6) is 0 Å². The minimum Gasteiger partial charge on any atom is -0.344 e. The molecular weight excluding hydrogens is 849 g/mol. The van der Waals surface area contributed by atoms with E-state index in [0.29, 0.717) is 52.7 Å². The molecule has 4 aromatic carbocycles. The lowest BCUT2D eigenvalue weighted by Crippen LogP contribution is -2.47. The second-order valence-electron chi connectivity index (χ2n) is 14.4. The van der Waals surface area contributed by atoms with Gasteiger partial charge in [0.2, 0.25) is 10.3 Å². The molecule has 0 aliphatic carbocycles. The van der Waals surface area contributed by atoms with Crippen molar-refractivity contribution < 1.29 is 30.7 Å². The third-order valence-corrected chi connectivity index (χ3v) is 12.0. The van der Waals surface area contributed by atoms with E-state index in [4.69, 9.17) is 11.6 Å². The van der Waals surface area contributed by atoms with E-state index in [1.807, 2.05) is 24.3 Å². The number of rotatable bonds is 10. The lowest BCUT2D eigenvalue weighted by Gasteiger charge is -2.34. The Hall–Kier alpha value is -4.68. The summed E-state index contributed by atoms with van der Waals surface area (Å²) in [5, 5.41) is 2.36. The topological polar surface area (TPSA) is 64.5 Å². The number of anilines is 2. The van der Waals surface area contributed by atoms with E-state index in [0.717, 1.165) is 86.9 Å². The van der Waals surface area contributed by atoms with Gasteiger partial charge < -0.3 is 9.80 Å². The van der Waals surface area contributed by atoms with E-state index in [2.05, 4.69) is 38.3 Å². The number of hydrogen-bond acceptors (Lipinski definition) is 10. The van der Waals surface area contributed by atoms with Crippen molar-refractivity contribution in [3.05, 3.63) is 130 Å². The smallest absolute Gasteiger partial charge is 0.344 e. The third-order valence-electron chi connectivity index (χ3n) is 10.2. The lowest BCUT2D eigenvalue weighted by molar-refractivity contribution is -0.138. The second kappa shape index (κ2) is 19.4. The summed E-state index contributed by atoms with van der Waals surface area (Å²) in [5.74, 6) is 0.887. The van der Waals surface area contributed by atoms with Gasteiger partial charge in [-0.2, -0.15) is 45.1 Å². The molecule has 0 atom stereocenters. The number of alkyl halides is 6. The van der Waals surface area contributed by atoms with Crippen LogP contribution < -0.4 is 9.80 Å². The Balaban J connectivity index is 0.000000181. The van der Waals surface area contributed by atoms with Crippen molar-refractivity contribution >= 4 is 44.9 Å². The molecule has 0 radical (unpaired) electrons. The Morgan fingerprint density at radius 2 is 0.983 bits per heavy atom. The first-order valence-electron chi connectivity index (χ1n) is 19.2. The van der Waals surface area contributed by atoms with E-state index < -0.39 is 23.5 Å². The van der Waals surface area contributed by atoms with Gasteiger partial charge in [0.1, 0.15) is 5.82 Å².